The molecule has 0 aliphatic carbocycles. The van der Waals surface area contributed by atoms with Crippen LogP contribution in [0.15, 0.2) is 30.6 Å². The molecule has 2 N–H and O–H groups in total. The number of halogens is 1. The van der Waals surface area contributed by atoms with E-state index in [1.165, 1.54) is 13.2 Å². The highest BCUT2D eigenvalue weighted by Gasteiger charge is 2.03. The maximum absolute atomic E-state index is 13.3. The molecule has 1 aromatic heterocycles. The number of hydrogen-bond acceptors (Lipinski definition) is 3. The number of methoxy groups -OCH3 is 1. The van der Waals surface area contributed by atoms with Crippen molar-refractivity contribution in [2.75, 3.05) is 12.4 Å². The molecule has 84 valence electrons. The van der Waals surface area contributed by atoms with Crippen LogP contribution < -0.4 is 10.1 Å². The van der Waals surface area contributed by atoms with Crippen molar-refractivity contribution in [1.82, 2.24) is 10.2 Å². The molecule has 0 aliphatic rings. The Kier molecular flexibility index (Phi) is 3.05. The lowest BCUT2D eigenvalue weighted by Crippen LogP contribution is -1.99. The molecule has 2 aromatic rings. The van der Waals surface area contributed by atoms with Crippen LogP contribution in [0.3, 0.4) is 0 Å². The van der Waals surface area contributed by atoms with Crippen molar-refractivity contribution in [3.63, 3.8) is 0 Å². The highest BCUT2D eigenvalue weighted by molar-refractivity contribution is 5.39. The van der Waals surface area contributed by atoms with Crippen LogP contribution in [0.1, 0.15) is 5.56 Å². The van der Waals surface area contributed by atoms with Crippen molar-refractivity contribution in [2.45, 2.75) is 6.54 Å². The largest absolute Gasteiger partial charge is 0.494 e. The molecule has 0 fully saturated rings. The maximum atomic E-state index is 13.3. The zero-order valence-electron chi connectivity index (χ0n) is 8.83. The SMILES string of the molecule is COc1ccc(CNc2cn[nH]c2)cc1F. The van der Waals surface area contributed by atoms with Gasteiger partial charge in [-0.2, -0.15) is 5.10 Å². The van der Waals surface area contributed by atoms with E-state index in [9.17, 15) is 4.39 Å². The van der Waals surface area contributed by atoms with E-state index in [2.05, 4.69) is 15.5 Å². The summed E-state index contributed by atoms with van der Waals surface area (Å²) in [6, 6.07) is 4.88. The van der Waals surface area contributed by atoms with Gasteiger partial charge in [-0.3, -0.25) is 5.10 Å². The lowest BCUT2D eigenvalue weighted by Gasteiger charge is -2.06. The quantitative estimate of drug-likeness (QED) is 0.831. The number of H-pyrrole nitrogens is 1. The number of rotatable bonds is 4. The molecule has 1 aromatic carbocycles. The van der Waals surface area contributed by atoms with Gasteiger partial charge in [0.15, 0.2) is 11.6 Å². The van der Waals surface area contributed by atoms with Crippen molar-refractivity contribution in [2.24, 2.45) is 0 Å². The molecular formula is C11H12FN3O. The van der Waals surface area contributed by atoms with Crippen molar-refractivity contribution in [3.05, 3.63) is 42.0 Å². The molecule has 5 heteroatoms. The molecular weight excluding hydrogens is 209 g/mol. The Morgan fingerprint density at radius 1 is 1.50 bits per heavy atom. The first-order chi connectivity index (χ1) is 7.79. The first kappa shape index (κ1) is 10.5. The summed E-state index contributed by atoms with van der Waals surface area (Å²) in [5.74, 6) is -0.0962. The summed E-state index contributed by atoms with van der Waals surface area (Å²) in [6.45, 7) is 0.542. The molecule has 0 aliphatic heterocycles. The van der Waals surface area contributed by atoms with Gasteiger partial charge in [0.1, 0.15) is 0 Å². The Balaban J connectivity index is 2.02. The van der Waals surface area contributed by atoms with E-state index in [0.29, 0.717) is 6.54 Å². The lowest BCUT2D eigenvalue weighted by atomic mass is 10.2. The minimum absolute atomic E-state index is 0.257. The van der Waals surface area contributed by atoms with Crippen molar-refractivity contribution < 1.29 is 9.13 Å². The second kappa shape index (κ2) is 4.65. The van der Waals surface area contributed by atoms with E-state index in [0.717, 1.165) is 11.3 Å². The zero-order valence-corrected chi connectivity index (χ0v) is 8.83. The monoisotopic (exact) mass is 221 g/mol. The van der Waals surface area contributed by atoms with Gasteiger partial charge in [-0.15, -0.1) is 0 Å². The number of nitrogens with one attached hydrogen (secondary N) is 2. The fraction of sp³-hybridized carbons (Fsp3) is 0.182. The molecule has 0 saturated heterocycles. The number of hydrogen-bond donors (Lipinski definition) is 2. The van der Waals surface area contributed by atoms with Crippen LogP contribution >= 0.6 is 0 Å². The first-order valence-corrected chi connectivity index (χ1v) is 4.84. The van der Waals surface area contributed by atoms with E-state index in [-0.39, 0.29) is 11.6 Å². The van der Waals surface area contributed by atoms with Crippen LogP contribution in [0, 0.1) is 5.82 Å². The third kappa shape index (κ3) is 2.31. The first-order valence-electron chi connectivity index (χ1n) is 4.84. The van der Waals surface area contributed by atoms with Crippen LogP contribution in [0.2, 0.25) is 0 Å². The van der Waals surface area contributed by atoms with Crippen molar-refractivity contribution >= 4 is 5.69 Å². The lowest BCUT2D eigenvalue weighted by molar-refractivity contribution is 0.386. The summed E-state index contributed by atoms with van der Waals surface area (Å²) in [4.78, 5) is 0. The van der Waals surface area contributed by atoms with E-state index in [1.807, 2.05) is 6.07 Å². The van der Waals surface area contributed by atoms with Crippen molar-refractivity contribution in [1.29, 1.82) is 0 Å². The Morgan fingerprint density at radius 3 is 3.00 bits per heavy atom. The van der Waals surface area contributed by atoms with E-state index >= 15 is 0 Å². The molecule has 1 heterocycles. The van der Waals surface area contributed by atoms with Crippen LogP contribution in [-0.2, 0) is 6.54 Å². The van der Waals surface area contributed by atoms with Gasteiger partial charge in [-0.1, -0.05) is 6.07 Å². The molecule has 0 unspecified atom stereocenters. The topological polar surface area (TPSA) is 49.9 Å². The molecule has 2 rings (SSSR count). The van der Waals surface area contributed by atoms with Gasteiger partial charge in [0.2, 0.25) is 0 Å². The van der Waals surface area contributed by atoms with Gasteiger partial charge in [0.25, 0.3) is 0 Å². The molecule has 0 spiro atoms. The highest BCUT2D eigenvalue weighted by Crippen LogP contribution is 2.18. The summed E-state index contributed by atoms with van der Waals surface area (Å²) in [6.07, 6.45) is 3.40. The molecule has 0 amide bonds. The van der Waals surface area contributed by atoms with Crippen LogP contribution in [0.5, 0.6) is 5.75 Å². The summed E-state index contributed by atoms with van der Waals surface area (Å²) < 4.78 is 18.2. The van der Waals surface area contributed by atoms with Gasteiger partial charge in [-0.25, -0.2) is 4.39 Å². The predicted octanol–water partition coefficient (Wildman–Crippen LogP) is 2.17. The predicted molar refractivity (Wildman–Crippen MR) is 58.9 cm³/mol. The Morgan fingerprint density at radius 2 is 2.38 bits per heavy atom. The van der Waals surface area contributed by atoms with Gasteiger partial charge in [0, 0.05) is 12.7 Å². The molecule has 0 saturated carbocycles. The third-order valence-electron chi connectivity index (χ3n) is 2.21. The molecule has 16 heavy (non-hydrogen) atoms. The summed E-state index contributed by atoms with van der Waals surface area (Å²) in [5.41, 5.74) is 1.72. The average Bonchev–Trinajstić information content (AvgIpc) is 2.79. The maximum Gasteiger partial charge on any atom is 0.165 e. The Labute approximate surface area is 92.4 Å². The molecule has 0 radical (unpaired) electrons. The van der Waals surface area contributed by atoms with E-state index in [1.54, 1.807) is 18.5 Å². The van der Waals surface area contributed by atoms with Gasteiger partial charge < -0.3 is 10.1 Å². The average molecular weight is 221 g/mol. The minimum atomic E-state index is -0.353. The number of aromatic amines is 1. The van der Waals surface area contributed by atoms with Gasteiger partial charge in [-0.05, 0) is 17.7 Å². The number of nitrogens with zero attached hydrogens (tertiary/aromatic N) is 1. The number of benzene rings is 1. The summed E-state index contributed by atoms with van der Waals surface area (Å²) in [7, 11) is 1.45. The smallest absolute Gasteiger partial charge is 0.165 e. The number of anilines is 1. The summed E-state index contributed by atoms with van der Waals surface area (Å²) in [5, 5.41) is 9.59. The second-order valence-electron chi connectivity index (χ2n) is 3.31. The van der Waals surface area contributed by atoms with Gasteiger partial charge in [0.05, 0.1) is 19.0 Å². The normalized spacial score (nSPS) is 10.1. The van der Waals surface area contributed by atoms with Gasteiger partial charge >= 0.3 is 0 Å². The third-order valence-corrected chi connectivity index (χ3v) is 2.21. The number of aromatic nitrogens is 2. The molecule has 0 atom stereocenters. The second-order valence-corrected chi connectivity index (χ2v) is 3.31. The molecule has 4 nitrogen and oxygen atoms in total. The van der Waals surface area contributed by atoms with Crippen LogP contribution in [0.4, 0.5) is 10.1 Å². The highest BCUT2D eigenvalue weighted by atomic mass is 19.1. The van der Waals surface area contributed by atoms with E-state index in [4.69, 9.17) is 4.74 Å². The fourth-order valence-electron chi connectivity index (χ4n) is 1.37. The molecule has 0 bridgehead atoms. The van der Waals surface area contributed by atoms with Crippen LogP contribution in [-0.4, -0.2) is 17.3 Å². The van der Waals surface area contributed by atoms with Crippen LogP contribution in [0.25, 0.3) is 0 Å². The number of ether oxygens (including phenoxy) is 1. The standard InChI is InChI=1S/C11H12FN3O/c1-16-11-3-2-8(4-10(11)12)5-13-9-6-14-15-7-9/h2-4,6-7,13H,5H2,1H3,(H,14,15). The Bertz CT molecular complexity index is 456. The Hall–Kier alpha value is -2.04. The zero-order chi connectivity index (χ0) is 11.4. The summed E-state index contributed by atoms with van der Waals surface area (Å²) >= 11 is 0. The fourth-order valence-corrected chi connectivity index (χ4v) is 1.37. The van der Waals surface area contributed by atoms with Crippen molar-refractivity contribution in [3.8, 4) is 5.75 Å². The van der Waals surface area contributed by atoms with E-state index < -0.39 is 0 Å². The minimum Gasteiger partial charge on any atom is -0.494 e.